The van der Waals surface area contributed by atoms with Crippen LogP contribution in [0.1, 0.15) is 68.7 Å². The Labute approximate surface area is 207 Å². The minimum Gasteiger partial charge on any atom is -0.376 e. The first-order chi connectivity index (χ1) is 17.1. The zero-order valence-corrected chi connectivity index (χ0v) is 20.3. The van der Waals surface area contributed by atoms with Crippen molar-refractivity contribution < 1.29 is 11.0 Å². The molecule has 1 atom stereocenters. The lowest BCUT2D eigenvalue weighted by atomic mass is 10.0. The minimum absolute atomic E-state index is 0. The van der Waals surface area contributed by atoms with Crippen LogP contribution in [0.15, 0.2) is 30.5 Å². The topological polar surface area (TPSA) is 92.6 Å². The molecule has 2 aliphatic carbocycles. The first-order valence-electron chi connectivity index (χ1n) is 13.1. The number of ether oxygens (including phenoxy) is 1. The average molecular weight is 477 g/mol. The summed E-state index contributed by atoms with van der Waals surface area (Å²) in [5, 5.41) is 15.0. The monoisotopic (exact) mass is 476 g/mol. The van der Waals surface area contributed by atoms with Gasteiger partial charge in [0.05, 0.1) is 12.3 Å². The second kappa shape index (κ2) is 9.49. The standard InChI is InChI=1S/C27H34N6O2.H2/c1-17-13-18(8-11-22(17)27(34)31-20-9-10-20)23-16-29-33-25(28-15-21-7-4-12-35-21)14-24(32-26(23)33)30-19-5-2-3-6-19;/h8,11,13-14,16,19-21,28H,2-7,9-10,12,15H2,1H3,(H,30,32)(H,31,34);1H/t21-;/m0./s1. The van der Waals surface area contributed by atoms with Crippen molar-refractivity contribution in [3.05, 3.63) is 41.6 Å². The Kier molecular flexibility index (Phi) is 6.06. The van der Waals surface area contributed by atoms with Gasteiger partial charge in [0.1, 0.15) is 11.6 Å². The van der Waals surface area contributed by atoms with Crippen LogP contribution in [0, 0.1) is 6.92 Å². The van der Waals surface area contributed by atoms with E-state index in [-0.39, 0.29) is 13.4 Å². The van der Waals surface area contributed by atoms with Crippen molar-refractivity contribution in [2.24, 2.45) is 0 Å². The van der Waals surface area contributed by atoms with E-state index >= 15 is 0 Å². The molecule has 186 valence electrons. The van der Waals surface area contributed by atoms with E-state index in [2.05, 4.69) is 28.1 Å². The van der Waals surface area contributed by atoms with Gasteiger partial charge in [-0.3, -0.25) is 4.79 Å². The molecule has 6 rings (SSSR count). The molecule has 8 heteroatoms. The van der Waals surface area contributed by atoms with Gasteiger partial charge in [0.15, 0.2) is 5.65 Å². The number of hydrogen-bond acceptors (Lipinski definition) is 6. The van der Waals surface area contributed by atoms with Crippen LogP contribution < -0.4 is 16.0 Å². The number of nitrogens with zero attached hydrogens (tertiary/aromatic N) is 3. The van der Waals surface area contributed by atoms with Gasteiger partial charge in [-0.05, 0) is 62.6 Å². The number of hydrogen-bond donors (Lipinski definition) is 3. The first kappa shape index (κ1) is 22.3. The predicted molar refractivity (Wildman–Crippen MR) is 139 cm³/mol. The maximum atomic E-state index is 12.6. The molecule has 8 nitrogen and oxygen atoms in total. The van der Waals surface area contributed by atoms with Crippen molar-refractivity contribution in [2.45, 2.75) is 76.5 Å². The van der Waals surface area contributed by atoms with Gasteiger partial charge in [-0.15, -0.1) is 0 Å². The third kappa shape index (κ3) is 4.85. The van der Waals surface area contributed by atoms with E-state index in [4.69, 9.17) is 14.8 Å². The van der Waals surface area contributed by atoms with Gasteiger partial charge in [0.2, 0.25) is 0 Å². The molecule has 1 saturated heterocycles. The molecule has 2 aromatic heterocycles. The number of carbonyl (C=O) groups is 1. The van der Waals surface area contributed by atoms with Crippen LogP contribution in [0.25, 0.3) is 16.8 Å². The summed E-state index contributed by atoms with van der Waals surface area (Å²) in [5.41, 5.74) is 4.45. The van der Waals surface area contributed by atoms with E-state index < -0.39 is 0 Å². The van der Waals surface area contributed by atoms with Gasteiger partial charge in [-0.2, -0.15) is 9.61 Å². The van der Waals surface area contributed by atoms with Crippen molar-refractivity contribution >= 4 is 23.2 Å². The molecule has 3 N–H and O–H groups in total. The highest BCUT2D eigenvalue weighted by Gasteiger charge is 2.25. The summed E-state index contributed by atoms with van der Waals surface area (Å²) in [5.74, 6) is 1.80. The Hall–Kier alpha value is -3.13. The van der Waals surface area contributed by atoms with Crippen molar-refractivity contribution in [3.8, 4) is 11.1 Å². The molecule has 3 aromatic rings. The van der Waals surface area contributed by atoms with E-state index in [1.165, 1.54) is 25.7 Å². The minimum atomic E-state index is 0. The molecule has 0 bridgehead atoms. The van der Waals surface area contributed by atoms with E-state index in [1.807, 2.05) is 29.8 Å². The number of aromatic nitrogens is 3. The molecule has 3 fully saturated rings. The normalized spacial score (nSPS) is 20.4. The molecular formula is C27H36N6O2. The zero-order chi connectivity index (χ0) is 23.8. The first-order valence-corrected chi connectivity index (χ1v) is 13.1. The molecule has 2 saturated carbocycles. The van der Waals surface area contributed by atoms with Gasteiger partial charge < -0.3 is 20.7 Å². The van der Waals surface area contributed by atoms with Gasteiger partial charge >= 0.3 is 0 Å². The number of aryl methyl sites for hydroxylation is 1. The highest BCUT2D eigenvalue weighted by atomic mass is 16.5. The molecule has 3 heterocycles. The zero-order valence-electron chi connectivity index (χ0n) is 20.3. The fourth-order valence-electron chi connectivity index (χ4n) is 5.25. The molecular weight excluding hydrogens is 440 g/mol. The average Bonchev–Trinajstić information content (AvgIpc) is 3.26. The maximum Gasteiger partial charge on any atom is 0.251 e. The lowest BCUT2D eigenvalue weighted by Crippen LogP contribution is -2.26. The summed E-state index contributed by atoms with van der Waals surface area (Å²) in [4.78, 5) is 17.6. The summed E-state index contributed by atoms with van der Waals surface area (Å²) < 4.78 is 7.70. The highest BCUT2D eigenvalue weighted by molar-refractivity contribution is 5.97. The quantitative estimate of drug-likeness (QED) is 0.433. The predicted octanol–water partition coefficient (Wildman–Crippen LogP) is 4.79. The third-order valence-electron chi connectivity index (χ3n) is 7.41. The fourth-order valence-corrected chi connectivity index (χ4v) is 5.25. The molecule has 0 radical (unpaired) electrons. The lowest BCUT2D eigenvalue weighted by molar-refractivity contribution is 0.0950. The molecule has 35 heavy (non-hydrogen) atoms. The van der Waals surface area contributed by atoms with Crippen LogP contribution in [0.2, 0.25) is 0 Å². The summed E-state index contributed by atoms with van der Waals surface area (Å²) in [6.45, 7) is 3.58. The summed E-state index contributed by atoms with van der Waals surface area (Å²) in [6, 6.07) is 8.86. The van der Waals surface area contributed by atoms with E-state index in [0.717, 1.165) is 78.4 Å². The SMILES string of the molecule is Cc1cc(-c2cnn3c(NC[C@@H]4CCCO4)cc(NC4CCCC4)nc23)ccc1C(=O)NC1CC1.[HH]. The summed E-state index contributed by atoms with van der Waals surface area (Å²) in [6.07, 6.45) is 11.4. The van der Waals surface area contributed by atoms with Gasteiger partial charge in [-0.25, -0.2) is 4.98 Å². The van der Waals surface area contributed by atoms with Crippen molar-refractivity contribution in [1.82, 2.24) is 19.9 Å². The number of amides is 1. The van der Waals surface area contributed by atoms with Gasteiger partial charge in [0, 0.05) is 43.9 Å². The number of benzene rings is 1. The Bertz CT molecular complexity index is 1230. The second-order valence-corrected chi connectivity index (χ2v) is 10.2. The van der Waals surface area contributed by atoms with Crippen molar-refractivity contribution in [3.63, 3.8) is 0 Å². The van der Waals surface area contributed by atoms with E-state index in [9.17, 15) is 4.79 Å². The number of nitrogens with one attached hydrogen (secondary N) is 3. The number of rotatable bonds is 8. The Morgan fingerprint density at radius 3 is 2.71 bits per heavy atom. The smallest absolute Gasteiger partial charge is 0.251 e. The van der Waals surface area contributed by atoms with Gasteiger partial charge in [-0.1, -0.05) is 25.0 Å². The molecule has 0 spiro atoms. The summed E-state index contributed by atoms with van der Waals surface area (Å²) in [7, 11) is 0. The third-order valence-corrected chi connectivity index (χ3v) is 7.41. The Morgan fingerprint density at radius 1 is 1.11 bits per heavy atom. The molecule has 1 aliphatic heterocycles. The van der Waals surface area contributed by atoms with E-state index in [0.29, 0.717) is 12.1 Å². The number of fused-ring (bicyclic) bond motifs is 1. The van der Waals surface area contributed by atoms with E-state index in [1.54, 1.807) is 0 Å². The molecule has 1 amide bonds. The van der Waals surface area contributed by atoms with Gasteiger partial charge in [0.25, 0.3) is 5.91 Å². The maximum absolute atomic E-state index is 12.6. The number of carbonyl (C=O) groups excluding carboxylic acids is 1. The van der Waals surface area contributed by atoms with Crippen molar-refractivity contribution in [2.75, 3.05) is 23.8 Å². The van der Waals surface area contributed by atoms with Crippen LogP contribution in [0.4, 0.5) is 11.6 Å². The van der Waals surface area contributed by atoms with Crippen LogP contribution in [0.5, 0.6) is 0 Å². The highest BCUT2D eigenvalue weighted by Crippen LogP contribution is 2.30. The van der Waals surface area contributed by atoms with Crippen LogP contribution in [-0.2, 0) is 4.74 Å². The van der Waals surface area contributed by atoms with Crippen LogP contribution in [-0.4, -0.2) is 51.8 Å². The van der Waals surface area contributed by atoms with Crippen LogP contribution in [0.3, 0.4) is 0 Å². The lowest BCUT2D eigenvalue weighted by Gasteiger charge is -2.17. The molecule has 1 aromatic carbocycles. The second-order valence-electron chi connectivity index (χ2n) is 10.2. The molecule has 3 aliphatic rings. The Morgan fingerprint density at radius 2 is 1.97 bits per heavy atom. The Balaban J connectivity index is 0.00000267. The summed E-state index contributed by atoms with van der Waals surface area (Å²) >= 11 is 0. The molecule has 0 unspecified atom stereocenters. The van der Waals surface area contributed by atoms with Crippen molar-refractivity contribution in [1.29, 1.82) is 0 Å². The number of anilines is 2. The fraction of sp³-hybridized carbons (Fsp3) is 0.519. The van der Waals surface area contributed by atoms with Crippen LogP contribution >= 0.6 is 0 Å². The largest absolute Gasteiger partial charge is 0.376 e.